The molecule has 0 N–H and O–H groups in total. The van der Waals surface area contributed by atoms with Crippen molar-refractivity contribution in [1.82, 2.24) is 9.80 Å². The molecule has 0 spiro atoms. The van der Waals surface area contributed by atoms with E-state index < -0.39 is 0 Å². The minimum absolute atomic E-state index is 0.0127. The van der Waals surface area contributed by atoms with Crippen LogP contribution in [-0.2, 0) is 17.9 Å². The van der Waals surface area contributed by atoms with Crippen LogP contribution in [0, 0.1) is 5.92 Å². The van der Waals surface area contributed by atoms with Crippen LogP contribution in [0.4, 0.5) is 5.69 Å². The highest BCUT2D eigenvalue weighted by Crippen LogP contribution is 2.27. The van der Waals surface area contributed by atoms with Gasteiger partial charge in [-0.3, -0.25) is 14.5 Å². The molecule has 3 aromatic carbocycles. The maximum absolute atomic E-state index is 13.8. The molecule has 0 atom stereocenters. The van der Waals surface area contributed by atoms with Crippen LogP contribution in [0.3, 0.4) is 0 Å². The van der Waals surface area contributed by atoms with E-state index in [1.54, 1.807) is 0 Å². The van der Waals surface area contributed by atoms with Gasteiger partial charge in [0.2, 0.25) is 5.91 Å². The molecule has 0 aromatic heterocycles. The molecule has 0 saturated heterocycles. The standard InChI is InChI=1S/C31H36BrN3O2/c1-24(2)21-30(36)35-18-10-17-33(22-25-11-4-3-5-12-25)19-20-34(23-26-13-6-9-16-29(26)35)31(37)27-14-7-8-15-28(27)32/h3-9,11-16,24H,10,17-23H2,1-2H3. The van der Waals surface area contributed by atoms with Gasteiger partial charge < -0.3 is 9.80 Å². The van der Waals surface area contributed by atoms with Crippen LogP contribution < -0.4 is 4.90 Å². The second-order valence-corrected chi connectivity index (χ2v) is 10.9. The number of rotatable bonds is 5. The van der Waals surface area contributed by atoms with Gasteiger partial charge in [-0.25, -0.2) is 0 Å². The van der Waals surface area contributed by atoms with Crippen molar-refractivity contribution in [3.8, 4) is 0 Å². The zero-order valence-corrected chi connectivity index (χ0v) is 23.4. The van der Waals surface area contributed by atoms with Crippen LogP contribution in [0.15, 0.2) is 83.3 Å². The summed E-state index contributed by atoms with van der Waals surface area (Å²) in [5, 5.41) is 0. The molecule has 1 aliphatic heterocycles. The van der Waals surface area contributed by atoms with Crippen molar-refractivity contribution >= 4 is 33.4 Å². The molecule has 0 aliphatic carbocycles. The summed E-state index contributed by atoms with van der Waals surface area (Å²) >= 11 is 3.57. The smallest absolute Gasteiger partial charge is 0.255 e. The molecule has 4 rings (SSSR count). The quantitative estimate of drug-likeness (QED) is 0.363. The molecule has 0 bridgehead atoms. The van der Waals surface area contributed by atoms with E-state index in [1.807, 2.05) is 64.4 Å². The second-order valence-electron chi connectivity index (χ2n) is 10.1. The van der Waals surface area contributed by atoms with Crippen molar-refractivity contribution in [2.45, 2.75) is 39.8 Å². The molecule has 5 nitrogen and oxygen atoms in total. The van der Waals surface area contributed by atoms with Crippen LogP contribution in [-0.4, -0.2) is 47.8 Å². The maximum Gasteiger partial charge on any atom is 0.255 e. The number of carbonyl (C=O) groups is 2. The van der Waals surface area contributed by atoms with Crippen LogP contribution in [0.5, 0.6) is 0 Å². The Hall–Kier alpha value is -2.96. The summed E-state index contributed by atoms with van der Waals surface area (Å²) < 4.78 is 0.789. The molecule has 1 heterocycles. The first kappa shape index (κ1) is 27.1. The third-order valence-corrected chi connectivity index (χ3v) is 7.40. The summed E-state index contributed by atoms with van der Waals surface area (Å²) in [7, 11) is 0. The lowest BCUT2D eigenvalue weighted by molar-refractivity contribution is -0.119. The first-order valence-corrected chi connectivity index (χ1v) is 13.9. The molecule has 1 aliphatic rings. The highest BCUT2D eigenvalue weighted by Gasteiger charge is 2.25. The molecule has 6 heteroatoms. The summed E-state index contributed by atoms with van der Waals surface area (Å²) in [5.74, 6) is 0.405. The minimum atomic E-state index is -0.0127. The van der Waals surface area contributed by atoms with Gasteiger partial charge in [0.1, 0.15) is 0 Å². The van der Waals surface area contributed by atoms with Gasteiger partial charge in [0.05, 0.1) is 5.56 Å². The minimum Gasteiger partial charge on any atom is -0.333 e. The van der Waals surface area contributed by atoms with E-state index in [1.165, 1.54) is 5.56 Å². The molecule has 0 unspecified atom stereocenters. The van der Waals surface area contributed by atoms with Gasteiger partial charge in [-0.2, -0.15) is 0 Å². The predicted octanol–water partition coefficient (Wildman–Crippen LogP) is 6.38. The van der Waals surface area contributed by atoms with E-state index in [0.29, 0.717) is 31.6 Å². The van der Waals surface area contributed by atoms with Gasteiger partial charge in [-0.1, -0.05) is 74.5 Å². The van der Waals surface area contributed by atoms with E-state index in [-0.39, 0.29) is 17.7 Å². The Kier molecular flexibility index (Phi) is 9.53. The predicted molar refractivity (Wildman–Crippen MR) is 153 cm³/mol. The first-order chi connectivity index (χ1) is 17.9. The van der Waals surface area contributed by atoms with Crippen LogP contribution in [0.2, 0.25) is 0 Å². The number of para-hydroxylation sites is 1. The number of amides is 2. The molecule has 0 radical (unpaired) electrons. The third kappa shape index (κ3) is 7.30. The zero-order valence-electron chi connectivity index (χ0n) is 21.8. The Morgan fingerprint density at radius 1 is 0.838 bits per heavy atom. The zero-order chi connectivity index (χ0) is 26.2. The molecule has 194 valence electrons. The van der Waals surface area contributed by atoms with Crippen molar-refractivity contribution in [2.24, 2.45) is 5.92 Å². The lowest BCUT2D eigenvalue weighted by atomic mass is 10.1. The monoisotopic (exact) mass is 561 g/mol. The molecule has 3 aromatic rings. The number of halogens is 1. The number of anilines is 1. The summed E-state index contributed by atoms with van der Waals surface area (Å²) in [6.45, 7) is 8.28. The molecule has 0 fully saturated rings. The Balaban J connectivity index is 1.69. The average Bonchev–Trinajstić information content (AvgIpc) is 2.92. The number of hydrogen-bond acceptors (Lipinski definition) is 3. The van der Waals surface area contributed by atoms with Crippen molar-refractivity contribution in [3.63, 3.8) is 0 Å². The lowest BCUT2D eigenvalue weighted by Crippen LogP contribution is -2.38. The number of carbonyl (C=O) groups excluding carboxylic acids is 2. The molecular formula is C31H36BrN3O2. The largest absolute Gasteiger partial charge is 0.333 e. The number of nitrogens with zero attached hydrogens (tertiary/aromatic N) is 3. The van der Waals surface area contributed by atoms with E-state index >= 15 is 0 Å². The normalized spacial score (nSPS) is 15.2. The summed E-state index contributed by atoms with van der Waals surface area (Å²) in [4.78, 5) is 33.5. The highest BCUT2D eigenvalue weighted by atomic mass is 79.9. The fourth-order valence-corrected chi connectivity index (χ4v) is 5.29. The fourth-order valence-electron chi connectivity index (χ4n) is 4.84. The fraction of sp³-hybridized carbons (Fsp3) is 0.355. The lowest BCUT2D eigenvalue weighted by Gasteiger charge is -2.29. The Bertz CT molecular complexity index is 1200. The first-order valence-electron chi connectivity index (χ1n) is 13.1. The van der Waals surface area contributed by atoms with Gasteiger partial charge in [0.15, 0.2) is 0 Å². The van der Waals surface area contributed by atoms with E-state index in [9.17, 15) is 9.59 Å². The van der Waals surface area contributed by atoms with Crippen molar-refractivity contribution < 1.29 is 9.59 Å². The topological polar surface area (TPSA) is 43.9 Å². The highest BCUT2D eigenvalue weighted by molar-refractivity contribution is 9.10. The van der Waals surface area contributed by atoms with Gasteiger partial charge in [0, 0.05) is 55.8 Å². The summed E-state index contributed by atoms with van der Waals surface area (Å²) in [6.07, 6.45) is 1.37. The van der Waals surface area contributed by atoms with Crippen molar-refractivity contribution in [2.75, 3.05) is 31.1 Å². The molecule has 2 amide bonds. The average molecular weight is 563 g/mol. The van der Waals surface area contributed by atoms with Crippen molar-refractivity contribution in [1.29, 1.82) is 0 Å². The van der Waals surface area contributed by atoms with Crippen molar-refractivity contribution in [3.05, 3.63) is 100 Å². The van der Waals surface area contributed by atoms with Crippen LogP contribution in [0.1, 0.15) is 48.2 Å². The van der Waals surface area contributed by atoms with E-state index in [4.69, 9.17) is 0 Å². The Morgan fingerprint density at radius 2 is 1.54 bits per heavy atom. The van der Waals surface area contributed by atoms with E-state index in [2.05, 4.69) is 58.9 Å². The molecule has 37 heavy (non-hydrogen) atoms. The number of benzene rings is 3. The third-order valence-electron chi connectivity index (χ3n) is 6.71. The number of fused-ring (bicyclic) bond motifs is 1. The second kappa shape index (κ2) is 13.0. The van der Waals surface area contributed by atoms with Gasteiger partial charge in [0.25, 0.3) is 5.91 Å². The molecular weight excluding hydrogens is 526 g/mol. The van der Waals surface area contributed by atoms with Gasteiger partial charge in [-0.05, 0) is 57.6 Å². The van der Waals surface area contributed by atoms with Crippen LogP contribution in [0.25, 0.3) is 0 Å². The molecule has 0 saturated carbocycles. The Labute approximate surface area is 229 Å². The van der Waals surface area contributed by atoms with Crippen LogP contribution >= 0.6 is 15.9 Å². The number of hydrogen-bond donors (Lipinski definition) is 0. The van der Waals surface area contributed by atoms with E-state index in [0.717, 1.165) is 41.8 Å². The summed E-state index contributed by atoms with van der Waals surface area (Å²) in [6, 6.07) is 26.1. The Morgan fingerprint density at radius 3 is 2.30 bits per heavy atom. The van der Waals surface area contributed by atoms with Gasteiger partial charge in [-0.15, -0.1) is 0 Å². The maximum atomic E-state index is 13.8. The van der Waals surface area contributed by atoms with Gasteiger partial charge >= 0.3 is 0 Å². The SMILES string of the molecule is CC(C)CC(=O)N1CCCN(Cc2ccccc2)CCN(C(=O)c2ccccc2Br)Cc2ccccc21. The summed E-state index contributed by atoms with van der Waals surface area (Å²) in [5.41, 5.74) is 3.81.